The highest BCUT2D eigenvalue weighted by Crippen LogP contribution is 2.47. The molecule has 0 aliphatic carbocycles. The minimum absolute atomic E-state index is 0.00752. The zero-order chi connectivity index (χ0) is 24.3. The number of allylic oxidation sites excluding steroid dienone is 1. The number of hydrogen-bond donors (Lipinski definition) is 2. The van der Waals surface area contributed by atoms with Crippen LogP contribution in [0.25, 0.3) is 0 Å². The molecule has 2 atom stereocenters. The van der Waals surface area contributed by atoms with E-state index < -0.39 is 16.7 Å². The van der Waals surface area contributed by atoms with Crippen molar-refractivity contribution in [2.24, 2.45) is 21.9 Å². The van der Waals surface area contributed by atoms with Gasteiger partial charge in [0, 0.05) is 6.79 Å². The Morgan fingerprint density at radius 1 is 0.967 bits per heavy atom. The van der Waals surface area contributed by atoms with E-state index in [0.717, 1.165) is 16.7 Å². The van der Waals surface area contributed by atoms with Crippen molar-refractivity contribution in [3.8, 4) is 0 Å². The van der Waals surface area contributed by atoms with Crippen LogP contribution in [0.4, 0.5) is 0 Å². The smallest absolute Gasteiger partial charge is 0.258 e. The summed E-state index contributed by atoms with van der Waals surface area (Å²) >= 11 is 0. The second kappa shape index (κ2) is 9.45. The van der Waals surface area contributed by atoms with Crippen molar-refractivity contribution in [3.05, 3.63) is 44.5 Å². The molecule has 2 unspecified atom stereocenters. The molecule has 4 radical (unpaired) electrons. The van der Waals surface area contributed by atoms with Gasteiger partial charge in [0.15, 0.2) is 5.96 Å². The minimum atomic E-state index is -1.12. The Kier molecular flexibility index (Phi) is 7.65. The van der Waals surface area contributed by atoms with Gasteiger partial charge in [-0.15, -0.1) is 0 Å². The lowest BCUT2D eigenvalue weighted by Crippen LogP contribution is -2.36. The van der Waals surface area contributed by atoms with Crippen molar-refractivity contribution >= 4 is 27.6 Å². The molecule has 30 heavy (non-hydrogen) atoms. The van der Waals surface area contributed by atoms with E-state index in [0.29, 0.717) is 12.7 Å². The molecule has 160 valence electrons. The van der Waals surface area contributed by atoms with Gasteiger partial charge in [-0.25, -0.2) is 0 Å². The lowest BCUT2D eigenvalue weighted by Gasteiger charge is -2.40. The average Bonchev–Trinajstić information content (AvgIpc) is 2.73. The van der Waals surface area contributed by atoms with E-state index in [1.54, 1.807) is 6.92 Å². The monoisotopic (exact) mass is 406 g/mol. The molecular formula is C24H37B2N3O. The van der Waals surface area contributed by atoms with E-state index in [1.165, 1.54) is 27.8 Å². The van der Waals surface area contributed by atoms with Gasteiger partial charge in [0.25, 0.3) is 5.91 Å². The largest absolute Gasteiger partial charge is 0.370 e. The van der Waals surface area contributed by atoms with Gasteiger partial charge in [-0.05, 0) is 88.2 Å². The summed E-state index contributed by atoms with van der Waals surface area (Å²) in [7, 11) is 12.5. The zero-order valence-electron chi connectivity index (χ0n) is 21.0. The SMILES string of the molecule is [2H]C/C(=C(/CC)C(C)(C[B])C(=O)N=C(N)N)C(C)(C[B])c1c(C)c(C)c(C)c(C)c1C. The van der Waals surface area contributed by atoms with Crippen LogP contribution in [0.5, 0.6) is 0 Å². The summed E-state index contributed by atoms with van der Waals surface area (Å²) in [6.45, 7) is 16.4. The van der Waals surface area contributed by atoms with Crippen molar-refractivity contribution in [3.63, 3.8) is 0 Å². The van der Waals surface area contributed by atoms with E-state index in [1.807, 2.05) is 6.92 Å². The number of guanidine groups is 1. The topological polar surface area (TPSA) is 81.5 Å². The van der Waals surface area contributed by atoms with Crippen molar-refractivity contribution in [1.29, 1.82) is 0 Å². The first-order chi connectivity index (χ1) is 14.3. The Morgan fingerprint density at radius 2 is 1.43 bits per heavy atom. The number of hydrogen-bond acceptors (Lipinski definition) is 1. The maximum absolute atomic E-state index is 13.0. The third-order valence-electron chi connectivity index (χ3n) is 7.12. The van der Waals surface area contributed by atoms with Crippen LogP contribution in [0.15, 0.2) is 16.1 Å². The van der Waals surface area contributed by atoms with Crippen LogP contribution in [0.2, 0.25) is 12.6 Å². The molecule has 0 saturated carbocycles. The van der Waals surface area contributed by atoms with Gasteiger partial charge < -0.3 is 11.5 Å². The van der Waals surface area contributed by atoms with E-state index in [4.69, 9.17) is 28.5 Å². The molecule has 0 aliphatic heterocycles. The Hall–Kier alpha value is -1.97. The third-order valence-corrected chi connectivity index (χ3v) is 7.12. The molecule has 0 spiro atoms. The van der Waals surface area contributed by atoms with Crippen molar-refractivity contribution in [2.75, 3.05) is 0 Å². The number of aliphatic imine (C=N–C) groups is 1. The predicted molar refractivity (Wildman–Crippen MR) is 131 cm³/mol. The molecule has 1 rings (SSSR count). The molecule has 4 N–H and O–H groups in total. The van der Waals surface area contributed by atoms with Crippen LogP contribution in [0.3, 0.4) is 0 Å². The molecule has 1 amide bonds. The van der Waals surface area contributed by atoms with Gasteiger partial charge in [-0.2, -0.15) is 4.99 Å². The number of benzene rings is 1. The molecule has 0 aromatic heterocycles. The fourth-order valence-electron chi connectivity index (χ4n) is 4.55. The van der Waals surface area contributed by atoms with Gasteiger partial charge >= 0.3 is 0 Å². The van der Waals surface area contributed by atoms with Crippen molar-refractivity contribution in [2.45, 2.75) is 86.8 Å². The van der Waals surface area contributed by atoms with Gasteiger partial charge in [-0.3, -0.25) is 4.79 Å². The second-order valence-corrected chi connectivity index (χ2v) is 8.72. The van der Waals surface area contributed by atoms with E-state index in [9.17, 15) is 4.79 Å². The molecule has 0 saturated heterocycles. The summed E-state index contributed by atoms with van der Waals surface area (Å²) in [4.78, 5) is 16.8. The maximum Gasteiger partial charge on any atom is 0.258 e. The predicted octanol–water partition coefficient (Wildman–Crippen LogP) is 4.19. The average molecular weight is 406 g/mol. The standard InChI is InChI=1S/C24H37B2N3O/c1-10-19(24(9,12-26)21(30)29-22(27)28)18(7)23(8,11-25)20-16(5)14(3)13(2)15(4)17(20)6/h10-12H2,1-9H3,(H4,27,28,29,30)/b19-18+/i7D. The maximum atomic E-state index is 13.0. The normalized spacial score (nSPS) is 16.7. The first kappa shape index (κ1) is 24.3. The van der Waals surface area contributed by atoms with Gasteiger partial charge in [0.05, 0.1) is 21.1 Å². The number of nitrogens with two attached hydrogens (primary N) is 2. The summed E-state index contributed by atoms with van der Waals surface area (Å²) in [5, 5.41) is 0. The highest BCUT2D eigenvalue weighted by Gasteiger charge is 2.40. The molecule has 1 aromatic rings. The lowest BCUT2D eigenvalue weighted by atomic mass is 9.60. The quantitative estimate of drug-likeness (QED) is 0.308. The van der Waals surface area contributed by atoms with Gasteiger partial charge in [-0.1, -0.05) is 37.6 Å². The molecule has 0 aliphatic rings. The van der Waals surface area contributed by atoms with Crippen molar-refractivity contribution in [1.82, 2.24) is 0 Å². The molecule has 4 nitrogen and oxygen atoms in total. The first-order valence-electron chi connectivity index (χ1n) is 11.1. The second-order valence-electron chi connectivity index (χ2n) is 8.72. The first-order valence-corrected chi connectivity index (χ1v) is 10.4. The Labute approximate surface area is 187 Å². The van der Waals surface area contributed by atoms with Crippen LogP contribution in [-0.4, -0.2) is 27.6 Å². The highest BCUT2D eigenvalue weighted by molar-refractivity contribution is 6.13. The van der Waals surface area contributed by atoms with Crippen LogP contribution in [0.1, 0.15) is 68.8 Å². The Morgan fingerprint density at radius 3 is 1.77 bits per heavy atom. The van der Waals surface area contributed by atoms with Crippen LogP contribution in [0, 0.1) is 40.0 Å². The summed E-state index contributed by atoms with van der Waals surface area (Å²) in [5.74, 6) is -0.799. The Balaban J connectivity index is 4.09. The van der Waals surface area contributed by atoms with Crippen LogP contribution < -0.4 is 11.5 Å². The number of carbonyl (C=O) groups excluding carboxylic acids is 1. The molecule has 0 bridgehead atoms. The van der Waals surface area contributed by atoms with Crippen LogP contribution >= 0.6 is 0 Å². The van der Waals surface area contributed by atoms with Crippen LogP contribution in [-0.2, 0) is 10.2 Å². The fourth-order valence-corrected chi connectivity index (χ4v) is 4.55. The summed E-state index contributed by atoms with van der Waals surface area (Å²) < 4.78 is 8.48. The Bertz CT molecular complexity index is 893. The fraction of sp³-hybridized carbons (Fsp3) is 0.583. The summed E-state index contributed by atoms with van der Waals surface area (Å²) in [6, 6.07) is 0. The number of carbonyl (C=O) groups is 1. The number of rotatable bonds is 7. The van der Waals surface area contributed by atoms with E-state index >= 15 is 0 Å². The van der Waals surface area contributed by atoms with Gasteiger partial charge in [0.1, 0.15) is 0 Å². The number of amides is 1. The van der Waals surface area contributed by atoms with Gasteiger partial charge in [0.2, 0.25) is 0 Å². The molecule has 0 fully saturated rings. The summed E-state index contributed by atoms with van der Waals surface area (Å²) in [5.41, 5.74) is 17.9. The van der Waals surface area contributed by atoms with E-state index in [-0.39, 0.29) is 19.2 Å². The number of nitrogens with zero attached hydrogens (tertiary/aromatic N) is 1. The minimum Gasteiger partial charge on any atom is -0.370 e. The lowest BCUT2D eigenvalue weighted by molar-refractivity contribution is -0.124. The highest BCUT2D eigenvalue weighted by atomic mass is 16.1. The zero-order valence-corrected chi connectivity index (χ0v) is 20.0. The molecule has 0 heterocycles. The summed E-state index contributed by atoms with van der Waals surface area (Å²) in [6.07, 6.45) is 0.858. The van der Waals surface area contributed by atoms with Crippen molar-refractivity contribution < 1.29 is 6.17 Å². The third kappa shape index (κ3) is 4.24. The molecule has 1 aromatic carbocycles. The molecular weight excluding hydrogens is 368 g/mol. The van der Waals surface area contributed by atoms with E-state index in [2.05, 4.69) is 46.5 Å². The molecule has 6 heteroatoms.